The number of benzene rings is 1. The Hall–Kier alpha value is -2.65. The van der Waals surface area contributed by atoms with Gasteiger partial charge in [-0.05, 0) is 36.8 Å². The van der Waals surface area contributed by atoms with Gasteiger partial charge in [0.25, 0.3) is 0 Å². The molecule has 156 valence electrons. The minimum absolute atomic E-state index is 0.373. The Morgan fingerprint density at radius 2 is 2.00 bits per heavy atom. The highest BCUT2D eigenvalue weighted by Gasteiger charge is 2.33. The number of amides is 3. The second-order valence-corrected chi connectivity index (χ2v) is 9.12. The summed E-state index contributed by atoms with van der Waals surface area (Å²) in [4.78, 5) is 26.1. The lowest BCUT2D eigenvalue weighted by Crippen LogP contribution is -2.41. The summed E-state index contributed by atoms with van der Waals surface area (Å²) in [5, 5.41) is 16.1. The Morgan fingerprint density at radius 3 is 2.67 bits per heavy atom. The van der Waals surface area contributed by atoms with Crippen molar-refractivity contribution < 1.29 is 9.59 Å². The van der Waals surface area contributed by atoms with E-state index in [9.17, 15) is 9.59 Å². The maximum Gasteiger partial charge on any atom is 0.321 e. The fourth-order valence-electron chi connectivity index (χ4n) is 3.17. The van der Waals surface area contributed by atoms with Gasteiger partial charge in [-0.3, -0.25) is 10.1 Å². The van der Waals surface area contributed by atoms with E-state index in [1.807, 2.05) is 36.4 Å². The zero-order valence-electron chi connectivity index (χ0n) is 16.6. The Bertz CT molecular complexity index is 1000. The van der Waals surface area contributed by atoms with Crippen molar-refractivity contribution in [2.45, 2.75) is 42.6 Å². The zero-order chi connectivity index (χ0) is 20.9. The van der Waals surface area contributed by atoms with E-state index < -0.39 is 11.3 Å². The van der Waals surface area contributed by atoms with Crippen LogP contribution in [0.4, 0.5) is 4.79 Å². The molecular formula is C21H23N5O2S2. The van der Waals surface area contributed by atoms with E-state index in [1.165, 1.54) is 16.6 Å². The maximum atomic E-state index is 12.9. The van der Waals surface area contributed by atoms with Crippen LogP contribution in [0.2, 0.25) is 0 Å². The number of hydrogen-bond donors (Lipinski definition) is 2. The molecule has 9 heteroatoms. The molecule has 7 nitrogen and oxygen atoms in total. The lowest BCUT2D eigenvalue weighted by Gasteiger charge is -2.17. The fourth-order valence-corrected chi connectivity index (χ4v) is 4.99. The molecule has 30 heavy (non-hydrogen) atoms. The zero-order valence-corrected chi connectivity index (χ0v) is 18.2. The van der Waals surface area contributed by atoms with Gasteiger partial charge in [0, 0.05) is 23.9 Å². The summed E-state index contributed by atoms with van der Waals surface area (Å²) in [5.41, 5.74) is 0.814. The van der Waals surface area contributed by atoms with Gasteiger partial charge in [-0.1, -0.05) is 48.2 Å². The van der Waals surface area contributed by atoms with Crippen LogP contribution in [0.5, 0.6) is 0 Å². The van der Waals surface area contributed by atoms with Crippen LogP contribution in [0.15, 0.2) is 53.0 Å². The van der Waals surface area contributed by atoms with E-state index in [1.54, 1.807) is 18.3 Å². The van der Waals surface area contributed by atoms with Gasteiger partial charge in [0.05, 0.1) is 0 Å². The van der Waals surface area contributed by atoms with Crippen molar-refractivity contribution in [2.75, 3.05) is 6.54 Å². The van der Waals surface area contributed by atoms with Crippen molar-refractivity contribution in [3.05, 3.63) is 64.1 Å². The molecule has 1 atom stereocenters. The minimum Gasteiger partial charge on any atom is -0.338 e. The number of thioether (sulfide) groups is 1. The molecule has 2 N–H and O–H groups in total. The molecule has 1 aromatic carbocycles. The van der Waals surface area contributed by atoms with Crippen molar-refractivity contribution in [1.82, 2.24) is 25.4 Å². The molecule has 2 heterocycles. The van der Waals surface area contributed by atoms with Gasteiger partial charge >= 0.3 is 6.03 Å². The molecule has 3 aromatic rings. The molecule has 0 radical (unpaired) electrons. The second kappa shape index (κ2) is 9.44. The average molecular weight is 442 g/mol. The van der Waals surface area contributed by atoms with Gasteiger partial charge in [-0.2, -0.15) is 0 Å². The van der Waals surface area contributed by atoms with Gasteiger partial charge in [0.2, 0.25) is 5.91 Å². The summed E-state index contributed by atoms with van der Waals surface area (Å²) in [7, 11) is 0. The number of imide groups is 1. The van der Waals surface area contributed by atoms with Gasteiger partial charge in [-0.25, -0.2) is 4.79 Å². The largest absolute Gasteiger partial charge is 0.338 e. The SMILES string of the molecule is CCNC(=O)NC(=O)[C@H](Sc1nnc(Cc2cccs2)n1C1CC1)c1ccccc1. The molecule has 0 saturated heterocycles. The first-order valence-corrected chi connectivity index (χ1v) is 11.7. The molecule has 2 aromatic heterocycles. The molecule has 0 spiro atoms. The standard InChI is InChI=1S/C21H23N5O2S2/c1-2-22-20(28)23-19(27)18(14-7-4-3-5-8-14)30-21-25-24-17(26(21)15-10-11-15)13-16-9-6-12-29-16/h3-9,12,15,18H,2,10-11,13H2,1H3,(H2,22,23,27,28)/t18-/m1/s1. The predicted molar refractivity (Wildman–Crippen MR) is 118 cm³/mol. The van der Waals surface area contributed by atoms with E-state index in [0.29, 0.717) is 17.7 Å². The van der Waals surface area contributed by atoms with Crippen molar-refractivity contribution in [3.8, 4) is 0 Å². The van der Waals surface area contributed by atoms with Crippen LogP contribution >= 0.6 is 23.1 Å². The van der Waals surface area contributed by atoms with Crippen LogP contribution < -0.4 is 10.6 Å². The van der Waals surface area contributed by atoms with Crippen LogP contribution in [0.25, 0.3) is 0 Å². The molecular weight excluding hydrogens is 418 g/mol. The summed E-state index contributed by atoms with van der Waals surface area (Å²) in [6.45, 7) is 2.26. The molecule has 1 aliphatic carbocycles. The van der Waals surface area contributed by atoms with Gasteiger partial charge in [0.1, 0.15) is 11.1 Å². The summed E-state index contributed by atoms with van der Waals surface area (Å²) in [6, 6.07) is 13.5. The monoisotopic (exact) mass is 441 g/mol. The van der Waals surface area contributed by atoms with Gasteiger partial charge < -0.3 is 9.88 Å². The Balaban J connectivity index is 1.60. The average Bonchev–Trinajstić information content (AvgIpc) is 3.29. The first-order chi connectivity index (χ1) is 14.7. The van der Waals surface area contributed by atoms with Crippen LogP contribution in [0, 0.1) is 0 Å². The third-order valence-corrected chi connectivity index (χ3v) is 6.78. The number of thiophene rings is 1. The van der Waals surface area contributed by atoms with Gasteiger partial charge in [0.15, 0.2) is 5.16 Å². The van der Waals surface area contributed by atoms with E-state index >= 15 is 0 Å². The lowest BCUT2D eigenvalue weighted by atomic mass is 10.1. The van der Waals surface area contributed by atoms with Crippen molar-refractivity contribution in [3.63, 3.8) is 0 Å². The first-order valence-electron chi connectivity index (χ1n) is 9.92. The van der Waals surface area contributed by atoms with Crippen LogP contribution in [-0.2, 0) is 11.2 Å². The highest BCUT2D eigenvalue weighted by molar-refractivity contribution is 8.00. The van der Waals surface area contributed by atoms with Crippen molar-refractivity contribution >= 4 is 35.0 Å². The number of hydrogen-bond acceptors (Lipinski definition) is 6. The molecule has 1 fully saturated rings. The number of carbonyl (C=O) groups excluding carboxylic acids is 2. The molecule has 4 rings (SSSR count). The van der Waals surface area contributed by atoms with E-state index in [2.05, 4.69) is 36.8 Å². The van der Waals surface area contributed by atoms with E-state index in [-0.39, 0.29) is 5.91 Å². The smallest absolute Gasteiger partial charge is 0.321 e. The molecule has 0 bridgehead atoms. The van der Waals surface area contributed by atoms with E-state index in [0.717, 1.165) is 30.7 Å². The molecule has 3 amide bonds. The van der Waals surface area contributed by atoms with Crippen LogP contribution in [0.3, 0.4) is 0 Å². The summed E-state index contributed by atoms with van der Waals surface area (Å²) < 4.78 is 2.17. The Kier molecular flexibility index (Phi) is 6.49. The third kappa shape index (κ3) is 4.91. The normalized spacial score (nSPS) is 14.3. The van der Waals surface area contributed by atoms with Crippen LogP contribution in [-0.4, -0.2) is 33.2 Å². The molecule has 1 aliphatic rings. The Labute approximate surface area is 183 Å². The molecule has 0 unspecified atom stereocenters. The highest BCUT2D eigenvalue weighted by Crippen LogP contribution is 2.42. The number of carbonyl (C=O) groups is 2. The highest BCUT2D eigenvalue weighted by atomic mass is 32.2. The Morgan fingerprint density at radius 1 is 1.20 bits per heavy atom. The first kappa shape index (κ1) is 20.6. The van der Waals surface area contributed by atoms with Crippen molar-refractivity contribution in [1.29, 1.82) is 0 Å². The maximum absolute atomic E-state index is 12.9. The summed E-state index contributed by atoms with van der Waals surface area (Å²) in [5.74, 6) is 0.542. The molecule has 1 saturated carbocycles. The quantitative estimate of drug-likeness (QED) is 0.517. The number of nitrogens with one attached hydrogen (secondary N) is 2. The number of urea groups is 1. The topological polar surface area (TPSA) is 88.9 Å². The number of aromatic nitrogens is 3. The van der Waals surface area contributed by atoms with Gasteiger partial charge in [-0.15, -0.1) is 21.5 Å². The number of rotatable bonds is 8. The number of nitrogens with zero attached hydrogens (tertiary/aromatic N) is 3. The predicted octanol–water partition coefficient (Wildman–Crippen LogP) is 3.94. The van der Waals surface area contributed by atoms with E-state index in [4.69, 9.17) is 0 Å². The summed E-state index contributed by atoms with van der Waals surface area (Å²) >= 11 is 3.04. The fraction of sp³-hybridized carbons (Fsp3) is 0.333. The minimum atomic E-state index is -0.606. The second-order valence-electron chi connectivity index (χ2n) is 7.01. The van der Waals surface area contributed by atoms with Crippen molar-refractivity contribution in [2.24, 2.45) is 0 Å². The third-order valence-electron chi connectivity index (χ3n) is 4.70. The van der Waals surface area contributed by atoms with Crippen LogP contribution in [0.1, 0.15) is 47.3 Å². The molecule has 0 aliphatic heterocycles. The summed E-state index contributed by atoms with van der Waals surface area (Å²) in [6.07, 6.45) is 2.90. The lowest BCUT2D eigenvalue weighted by molar-refractivity contribution is -0.119.